The lowest BCUT2D eigenvalue weighted by Gasteiger charge is -2.24. The molecule has 0 aromatic heterocycles. The molecule has 0 saturated carbocycles. The van der Waals surface area contributed by atoms with E-state index in [1.165, 1.54) is 0 Å². The normalized spacial score (nSPS) is 16.9. The van der Waals surface area contributed by atoms with E-state index in [9.17, 15) is 8.42 Å². The average Bonchev–Trinajstić information content (AvgIpc) is 3.29. The van der Waals surface area contributed by atoms with Crippen LogP contribution in [0.5, 0.6) is 11.5 Å². The zero-order valence-corrected chi connectivity index (χ0v) is 19.2. The van der Waals surface area contributed by atoms with Gasteiger partial charge < -0.3 is 9.47 Å². The van der Waals surface area contributed by atoms with Gasteiger partial charge in [-0.05, 0) is 53.9 Å². The molecule has 0 radical (unpaired) electrons. The van der Waals surface area contributed by atoms with Crippen LogP contribution in [0.25, 0.3) is 0 Å². The van der Waals surface area contributed by atoms with E-state index in [0.29, 0.717) is 18.9 Å². The number of aryl methyl sites for hydroxylation is 1. The summed E-state index contributed by atoms with van der Waals surface area (Å²) in [6, 6.07) is 22.7. The van der Waals surface area contributed by atoms with Crippen LogP contribution < -0.4 is 9.47 Å². The Balaban J connectivity index is 1.56. The first-order valence-corrected chi connectivity index (χ1v) is 12.5. The number of thioether (sulfide) groups is 1. The Hall–Kier alpha value is -2.48. The van der Waals surface area contributed by atoms with Crippen molar-refractivity contribution in [1.82, 2.24) is 4.31 Å². The minimum absolute atomic E-state index is 0.285. The number of sulfonamides is 1. The van der Waals surface area contributed by atoms with Crippen molar-refractivity contribution in [3.8, 4) is 11.5 Å². The van der Waals surface area contributed by atoms with Crippen molar-refractivity contribution in [3.05, 3.63) is 89.5 Å². The Bertz CT molecular complexity index is 1150. The summed E-state index contributed by atoms with van der Waals surface area (Å²) in [6.07, 6.45) is 0. The summed E-state index contributed by atoms with van der Waals surface area (Å²) in [5.74, 6) is 2.15. The van der Waals surface area contributed by atoms with Crippen LogP contribution in [-0.4, -0.2) is 32.1 Å². The SMILES string of the molecule is COc1ccc(S(=O)(=O)N2CCS[C@H]2c2cccc(OCc3ccccc3)c2)cc1C. The molecule has 0 spiro atoms. The minimum Gasteiger partial charge on any atom is -0.496 e. The van der Waals surface area contributed by atoms with Gasteiger partial charge in [-0.1, -0.05) is 42.5 Å². The van der Waals surface area contributed by atoms with Crippen molar-refractivity contribution in [2.24, 2.45) is 0 Å². The Morgan fingerprint density at radius 1 is 1.03 bits per heavy atom. The lowest BCUT2D eigenvalue weighted by Crippen LogP contribution is -2.30. The lowest BCUT2D eigenvalue weighted by atomic mass is 10.2. The third-order valence-electron chi connectivity index (χ3n) is 5.21. The predicted molar refractivity (Wildman–Crippen MR) is 124 cm³/mol. The Morgan fingerprint density at radius 2 is 1.84 bits per heavy atom. The number of rotatable bonds is 7. The molecule has 4 rings (SSSR count). The van der Waals surface area contributed by atoms with Gasteiger partial charge in [-0.3, -0.25) is 0 Å². The summed E-state index contributed by atoms with van der Waals surface area (Å²) in [4.78, 5) is 0.287. The highest BCUT2D eigenvalue weighted by molar-refractivity contribution is 8.01. The molecule has 3 aromatic rings. The molecule has 1 fully saturated rings. The molecular weight excluding hydrogens is 430 g/mol. The van der Waals surface area contributed by atoms with Gasteiger partial charge in [-0.2, -0.15) is 4.31 Å². The van der Waals surface area contributed by atoms with E-state index in [1.807, 2.05) is 61.5 Å². The first-order chi connectivity index (χ1) is 15.0. The van der Waals surface area contributed by atoms with E-state index in [-0.39, 0.29) is 10.3 Å². The number of methoxy groups -OCH3 is 1. The van der Waals surface area contributed by atoms with Gasteiger partial charge in [0.15, 0.2) is 0 Å². The fourth-order valence-electron chi connectivity index (χ4n) is 3.61. The molecule has 0 bridgehead atoms. The van der Waals surface area contributed by atoms with Crippen LogP contribution in [0.15, 0.2) is 77.7 Å². The van der Waals surface area contributed by atoms with E-state index in [2.05, 4.69) is 0 Å². The van der Waals surface area contributed by atoms with Crippen LogP contribution in [0.3, 0.4) is 0 Å². The molecule has 1 heterocycles. The van der Waals surface area contributed by atoms with Crippen molar-refractivity contribution in [2.45, 2.75) is 23.8 Å². The number of hydrogen-bond acceptors (Lipinski definition) is 5. The van der Waals surface area contributed by atoms with Crippen LogP contribution in [0, 0.1) is 6.92 Å². The van der Waals surface area contributed by atoms with Gasteiger partial charge in [0.2, 0.25) is 10.0 Å². The maximum atomic E-state index is 13.4. The van der Waals surface area contributed by atoms with E-state index >= 15 is 0 Å². The van der Waals surface area contributed by atoms with Gasteiger partial charge in [0.1, 0.15) is 18.1 Å². The molecule has 162 valence electrons. The number of hydrogen-bond donors (Lipinski definition) is 0. The van der Waals surface area contributed by atoms with E-state index in [0.717, 1.165) is 28.2 Å². The molecule has 0 aliphatic carbocycles. The van der Waals surface area contributed by atoms with E-state index in [1.54, 1.807) is 41.4 Å². The fourth-order valence-corrected chi connectivity index (χ4v) is 6.93. The predicted octanol–water partition coefficient (Wildman–Crippen LogP) is 5.02. The van der Waals surface area contributed by atoms with E-state index in [4.69, 9.17) is 9.47 Å². The third-order valence-corrected chi connectivity index (χ3v) is 8.47. The molecule has 0 amide bonds. The van der Waals surface area contributed by atoms with Crippen molar-refractivity contribution in [3.63, 3.8) is 0 Å². The van der Waals surface area contributed by atoms with Crippen LogP contribution >= 0.6 is 11.8 Å². The van der Waals surface area contributed by atoms with Crippen LogP contribution in [-0.2, 0) is 16.6 Å². The molecule has 1 aliphatic heterocycles. The van der Waals surface area contributed by atoms with Gasteiger partial charge in [0.05, 0.1) is 17.4 Å². The Labute approximate surface area is 188 Å². The second kappa shape index (κ2) is 9.34. The first-order valence-electron chi connectivity index (χ1n) is 10.0. The molecule has 31 heavy (non-hydrogen) atoms. The van der Waals surface area contributed by atoms with Gasteiger partial charge >= 0.3 is 0 Å². The smallest absolute Gasteiger partial charge is 0.244 e. The molecule has 5 nitrogen and oxygen atoms in total. The summed E-state index contributed by atoms with van der Waals surface area (Å²) < 4.78 is 39.6. The fraction of sp³-hybridized carbons (Fsp3) is 0.250. The monoisotopic (exact) mass is 455 g/mol. The highest BCUT2D eigenvalue weighted by Gasteiger charge is 2.37. The summed E-state index contributed by atoms with van der Waals surface area (Å²) in [7, 11) is -2.06. The zero-order chi connectivity index (χ0) is 21.8. The lowest BCUT2D eigenvalue weighted by molar-refractivity contribution is 0.305. The summed E-state index contributed by atoms with van der Waals surface area (Å²) in [5.41, 5.74) is 2.80. The highest BCUT2D eigenvalue weighted by Crippen LogP contribution is 2.42. The van der Waals surface area contributed by atoms with Gasteiger partial charge in [-0.15, -0.1) is 11.8 Å². The Kier molecular flexibility index (Phi) is 6.55. The number of nitrogens with zero attached hydrogens (tertiary/aromatic N) is 1. The molecule has 3 aromatic carbocycles. The van der Waals surface area contributed by atoms with Gasteiger partial charge in [-0.25, -0.2) is 8.42 Å². The quantitative estimate of drug-likeness (QED) is 0.501. The molecule has 1 aliphatic rings. The molecule has 0 N–H and O–H groups in total. The first kappa shape index (κ1) is 21.7. The third kappa shape index (κ3) is 4.74. The van der Waals surface area contributed by atoms with Crippen molar-refractivity contribution >= 4 is 21.8 Å². The van der Waals surface area contributed by atoms with Crippen molar-refractivity contribution < 1.29 is 17.9 Å². The molecule has 7 heteroatoms. The molecular formula is C24H25NO4S2. The van der Waals surface area contributed by atoms with Crippen molar-refractivity contribution in [1.29, 1.82) is 0 Å². The van der Waals surface area contributed by atoms with Crippen LogP contribution in [0.4, 0.5) is 0 Å². The topological polar surface area (TPSA) is 55.8 Å². The summed E-state index contributed by atoms with van der Waals surface area (Å²) in [6.45, 7) is 2.79. The number of benzene rings is 3. The maximum absolute atomic E-state index is 13.4. The second-order valence-corrected chi connectivity index (χ2v) is 10.4. The van der Waals surface area contributed by atoms with E-state index < -0.39 is 10.0 Å². The van der Waals surface area contributed by atoms with Crippen LogP contribution in [0.2, 0.25) is 0 Å². The summed E-state index contributed by atoms with van der Waals surface area (Å²) >= 11 is 1.63. The highest BCUT2D eigenvalue weighted by atomic mass is 32.2. The zero-order valence-electron chi connectivity index (χ0n) is 17.5. The molecule has 1 atom stereocenters. The second-order valence-electron chi connectivity index (χ2n) is 7.32. The maximum Gasteiger partial charge on any atom is 0.244 e. The summed E-state index contributed by atoms with van der Waals surface area (Å²) in [5, 5.41) is -0.285. The molecule has 0 unspecified atom stereocenters. The largest absolute Gasteiger partial charge is 0.496 e. The standard InChI is InChI=1S/C24H25NO4S2/c1-18-15-22(11-12-23(18)28-2)31(26,27)25-13-14-30-24(25)20-9-6-10-21(16-20)29-17-19-7-4-3-5-8-19/h3-12,15-16,24H,13-14,17H2,1-2H3/t24-/m0/s1. The average molecular weight is 456 g/mol. The van der Waals surface area contributed by atoms with Crippen molar-refractivity contribution in [2.75, 3.05) is 19.4 Å². The molecule has 1 saturated heterocycles. The minimum atomic E-state index is -3.64. The number of ether oxygens (including phenoxy) is 2. The van der Waals surface area contributed by atoms with Gasteiger partial charge in [0.25, 0.3) is 0 Å². The van der Waals surface area contributed by atoms with Gasteiger partial charge in [0, 0.05) is 12.3 Å². The Morgan fingerprint density at radius 3 is 2.58 bits per heavy atom. The van der Waals surface area contributed by atoms with Crippen LogP contribution in [0.1, 0.15) is 22.1 Å².